The van der Waals surface area contributed by atoms with E-state index in [-0.39, 0.29) is 11.7 Å². The Morgan fingerprint density at radius 1 is 1.37 bits per heavy atom. The fourth-order valence-electron chi connectivity index (χ4n) is 3.14. The molecule has 106 valence electrons. The summed E-state index contributed by atoms with van der Waals surface area (Å²) in [4.78, 5) is 2.50. The van der Waals surface area contributed by atoms with Crippen molar-refractivity contribution in [3.05, 3.63) is 29.8 Å². The van der Waals surface area contributed by atoms with Crippen LogP contribution >= 0.6 is 0 Å². The minimum absolute atomic E-state index is 0.0952. The number of morpholine rings is 1. The van der Waals surface area contributed by atoms with Crippen LogP contribution in [0.15, 0.2) is 24.3 Å². The van der Waals surface area contributed by atoms with Crippen molar-refractivity contribution in [2.24, 2.45) is 0 Å². The van der Waals surface area contributed by atoms with Crippen LogP contribution in [0.2, 0.25) is 0 Å². The first-order valence-electron chi connectivity index (χ1n) is 7.12. The van der Waals surface area contributed by atoms with Gasteiger partial charge in [-0.2, -0.15) is 0 Å². The van der Waals surface area contributed by atoms with E-state index in [1.807, 2.05) is 12.1 Å². The summed E-state index contributed by atoms with van der Waals surface area (Å²) in [5.74, 6) is 0.328. The molecule has 0 amide bonds. The first-order chi connectivity index (χ1) is 8.91. The molecule has 0 saturated carbocycles. The van der Waals surface area contributed by atoms with Gasteiger partial charge in [-0.15, -0.1) is 0 Å². The molecule has 0 radical (unpaired) electrons. The molecule has 1 aromatic rings. The number of rotatable bonds is 3. The van der Waals surface area contributed by atoms with Gasteiger partial charge in [-0.05, 0) is 44.9 Å². The molecule has 3 heteroatoms. The predicted octanol–water partition coefficient (Wildman–Crippen LogP) is 3.34. The van der Waals surface area contributed by atoms with Crippen LogP contribution in [0.3, 0.4) is 0 Å². The maximum absolute atomic E-state index is 9.41. The molecule has 2 unspecified atom stereocenters. The second-order valence-corrected chi connectivity index (χ2v) is 6.13. The standard InChI is InChI=1S/C16H25NO2/c1-5-15(13-6-8-14(18)9-7-13)17-10-12(2)19-16(3,4)11-17/h6-9,12,15,18H,5,10-11H2,1-4H3. The van der Waals surface area contributed by atoms with Gasteiger partial charge >= 0.3 is 0 Å². The van der Waals surface area contributed by atoms with Gasteiger partial charge in [-0.25, -0.2) is 0 Å². The smallest absolute Gasteiger partial charge is 0.115 e. The fraction of sp³-hybridized carbons (Fsp3) is 0.625. The number of phenols is 1. The molecule has 0 spiro atoms. The molecule has 2 rings (SSSR count). The Kier molecular flexibility index (Phi) is 4.16. The van der Waals surface area contributed by atoms with E-state index in [4.69, 9.17) is 4.74 Å². The van der Waals surface area contributed by atoms with Crippen molar-refractivity contribution in [1.82, 2.24) is 4.90 Å². The second kappa shape index (κ2) is 5.51. The average molecular weight is 263 g/mol. The normalized spacial score (nSPS) is 25.2. The summed E-state index contributed by atoms with van der Waals surface area (Å²) in [5.41, 5.74) is 1.17. The Labute approximate surface area is 116 Å². The van der Waals surface area contributed by atoms with Gasteiger partial charge in [0.05, 0.1) is 11.7 Å². The average Bonchev–Trinajstić information content (AvgIpc) is 2.30. The van der Waals surface area contributed by atoms with Crippen molar-refractivity contribution in [2.75, 3.05) is 13.1 Å². The molecule has 1 aromatic carbocycles. The lowest BCUT2D eigenvalue weighted by Gasteiger charge is -2.45. The summed E-state index contributed by atoms with van der Waals surface area (Å²) in [6.45, 7) is 10.6. The van der Waals surface area contributed by atoms with Crippen LogP contribution in [0.25, 0.3) is 0 Å². The van der Waals surface area contributed by atoms with E-state index in [9.17, 15) is 5.11 Å². The van der Waals surface area contributed by atoms with Crippen molar-refractivity contribution in [1.29, 1.82) is 0 Å². The minimum Gasteiger partial charge on any atom is -0.508 e. The van der Waals surface area contributed by atoms with Crippen LogP contribution in [-0.4, -0.2) is 34.8 Å². The molecule has 0 aromatic heterocycles. The third kappa shape index (κ3) is 3.48. The number of aromatic hydroxyl groups is 1. The van der Waals surface area contributed by atoms with Crippen LogP contribution < -0.4 is 0 Å². The number of phenolic OH excluding ortho intramolecular Hbond substituents is 1. The summed E-state index contributed by atoms with van der Waals surface area (Å²) >= 11 is 0. The van der Waals surface area contributed by atoms with Gasteiger partial charge in [0.15, 0.2) is 0 Å². The summed E-state index contributed by atoms with van der Waals surface area (Å²) in [6.07, 6.45) is 1.32. The number of hydrogen-bond acceptors (Lipinski definition) is 3. The predicted molar refractivity (Wildman–Crippen MR) is 77.3 cm³/mol. The van der Waals surface area contributed by atoms with Crippen LogP contribution in [0.5, 0.6) is 5.75 Å². The third-order valence-electron chi connectivity index (χ3n) is 3.70. The van der Waals surface area contributed by atoms with Gasteiger partial charge in [-0.1, -0.05) is 19.1 Å². The minimum atomic E-state index is -0.0952. The highest BCUT2D eigenvalue weighted by Crippen LogP contribution is 2.31. The first kappa shape index (κ1) is 14.4. The van der Waals surface area contributed by atoms with E-state index in [0.717, 1.165) is 19.5 Å². The monoisotopic (exact) mass is 263 g/mol. The molecule has 19 heavy (non-hydrogen) atoms. The van der Waals surface area contributed by atoms with Crippen LogP contribution in [0.1, 0.15) is 45.7 Å². The maximum Gasteiger partial charge on any atom is 0.115 e. The number of nitrogens with zero attached hydrogens (tertiary/aromatic N) is 1. The molecular weight excluding hydrogens is 238 g/mol. The van der Waals surface area contributed by atoms with Crippen molar-refractivity contribution >= 4 is 0 Å². The molecule has 0 bridgehead atoms. The lowest BCUT2D eigenvalue weighted by atomic mass is 9.97. The molecular formula is C16H25NO2. The zero-order chi connectivity index (χ0) is 14.0. The quantitative estimate of drug-likeness (QED) is 0.908. The molecule has 3 nitrogen and oxygen atoms in total. The Hall–Kier alpha value is -1.06. The molecule has 1 aliphatic heterocycles. The number of benzene rings is 1. The molecule has 0 aliphatic carbocycles. The van der Waals surface area contributed by atoms with Gasteiger partial charge in [-0.3, -0.25) is 4.90 Å². The Morgan fingerprint density at radius 2 is 2.00 bits per heavy atom. The van der Waals surface area contributed by atoms with Crippen molar-refractivity contribution in [3.63, 3.8) is 0 Å². The lowest BCUT2D eigenvalue weighted by Crippen LogP contribution is -2.52. The topological polar surface area (TPSA) is 32.7 Å². The van der Waals surface area contributed by atoms with Gasteiger partial charge in [0, 0.05) is 19.1 Å². The SMILES string of the molecule is CCC(c1ccc(O)cc1)N1CC(C)OC(C)(C)C1. The van der Waals surface area contributed by atoms with E-state index >= 15 is 0 Å². The highest BCUT2D eigenvalue weighted by molar-refractivity contribution is 5.28. The third-order valence-corrected chi connectivity index (χ3v) is 3.70. The number of ether oxygens (including phenoxy) is 1. The number of hydrogen-bond donors (Lipinski definition) is 1. The van der Waals surface area contributed by atoms with E-state index in [0.29, 0.717) is 11.8 Å². The van der Waals surface area contributed by atoms with Crippen LogP contribution in [-0.2, 0) is 4.74 Å². The van der Waals surface area contributed by atoms with Crippen molar-refractivity contribution in [2.45, 2.75) is 51.9 Å². The van der Waals surface area contributed by atoms with Crippen molar-refractivity contribution in [3.8, 4) is 5.75 Å². The summed E-state index contributed by atoms with van der Waals surface area (Å²) in [6, 6.07) is 7.99. The largest absolute Gasteiger partial charge is 0.508 e. The van der Waals surface area contributed by atoms with Gasteiger partial charge in [0.2, 0.25) is 0 Å². The zero-order valence-corrected chi connectivity index (χ0v) is 12.4. The summed E-state index contributed by atoms with van der Waals surface area (Å²) < 4.78 is 5.97. The fourth-order valence-corrected chi connectivity index (χ4v) is 3.14. The lowest BCUT2D eigenvalue weighted by molar-refractivity contribution is -0.138. The van der Waals surface area contributed by atoms with E-state index in [1.54, 1.807) is 12.1 Å². The van der Waals surface area contributed by atoms with Gasteiger partial charge in [0.1, 0.15) is 5.75 Å². The van der Waals surface area contributed by atoms with Crippen LogP contribution in [0, 0.1) is 0 Å². The van der Waals surface area contributed by atoms with Gasteiger partial charge < -0.3 is 9.84 Å². The summed E-state index contributed by atoms with van der Waals surface area (Å²) in [7, 11) is 0. The second-order valence-electron chi connectivity index (χ2n) is 6.13. The Morgan fingerprint density at radius 3 is 2.53 bits per heavy atom. The zero-order valence-electron chi connectivity index (χ0n) is 12.4. The van der Waals surface area contributed by atoms with Crippen molar-refractivity contribution < 1.29 is 9.84 Å². The maximum atomic E-state index is 9.41. The molecule has 1 heterocycles. The Balaban J connectivity index is 2.19. The highest BCUT2D eigenvalue weighted by Gasteiger charge is 2.34. The first-order valence-corrected chi connectivity index (χ1v) is 7.12. The molecule has 2 atom stereocenters. The van der Waals surface area contributed by atoms with E-state index in [1.165, 1.54) is 5.56 Å². The van der Waals surface area contributed by atoms with E-state index in [2.05, 4.69) is 32.6 Å². The van der Waals surface area contributed by atoms with Crippen LogP contribution in [0.4, 0.5) is 0 Å². The van der Waals surface area contributed by atoms with E-state index < -0.39 is 0 Å². The highest BCUT2D eigenvalue weighted by atomic mass is 16.5. The molecule has 1 aliphatic rings. The Bertz CT molecular complexity index is 413. The van der Waals surface area contributed by atoms with Gasteiger partial charge in [0.25, 0.3) is 0 Å². The molecule has 1 saturated heterocycles. The molecule has 1 N–H and O–H groups in total. The molecule has 1 fully saturated rings. The summed E-state index contributed by atoms with van der Waals surface area (Å²) in [5, 5.41) is 9.41.